The van der Waals surface area contributed by atoms with Gasteiger partial charge in [0, 0.05) is 11.8 Å². The molecule has 0 aliphatic carbocycles. The molecule has 1 N–H and O–H groups in total. The molecule has 6 rings (SSSR count). The first-order chi connectivity index (χ1) is 23.3. The van der Waals surface area contributed by atoms with Crippen molar-refractivity contribution < 1.29 is 23.4 Å². The summed E-state index contributed by atoms with van der Waals surface area (Å²) < 4.78 is 33.7. The first kappa shape index (κ1) is 34.8. The molecule has 0 unspecified atom stereocenters. The first-order valence-electron chi connectivity index (χ1n) is 16.6. The van der Waals surface area contributed by atoms with Crippen molar-refractivity contribution in [1.82, 2.24) is 9.55 Å². The van der Waals surface area contributed by atoms with Crippen LogP contribution >= 0.6 is 0 Å². The lowest BCUT2D eigenvalue weighted by Crippen LogP contribution is -2.40. The smallest absolute Gasteiger partial charge is 0.330 e. The number of H-pyrrole nitrogens is 1. The number of methoxy groups -OCH3 is 2. The fourth-order valence-electron chi connectivity index (χ4n) is 7.19. The van der Waals surface area contributed by atoms with E-state index in [-0.39, 0.29) is 18.6 Å². The van der Waals surface area contributed by atoms with Gasteiger partial charge in [0.15, 0.2) is 0 Å². The third-order valence-corrected chi connectivity index (χ3v) is 13.7. The lowest BCUT2D eigenvalue weighted by atomic mass is 9.80. The Hall–Kier alpha value is -4.01. The summed E-state index contributed by atoms with van der Waals surface area (Å²) in [4.78, 5) is 28.2. The minimum atomic E-state index is -2.38. The molecule has 3 aromatic carbocycles. The molecule has 1 aromatic heterocycles. The van der Waals surface area contributed by atoms with E-state index in [0.29, 0.717) is 5.56 Å². The number of aryl methyl sites for hydroxylation is 1. The zero-order valence-electron chi connectivity index (χ0n) is 29.5. The maximum atomic E-state index is 13.3. The largest absolute Gasteiger partial charge is 0.497 e. The number of hydrogen-bond acceptors (Lipinski definition) is 7. The van der Waals surface area contributed by atoms with Gasteiger partial charge in [0.2, 0.25) is 8.32 Å². The molecule has 49 heavy (non-hydrogen) atoms. The molecule has 9 nitrogen and oxygen atoms in total. The molecule has 0 spiro atoms. The molecule has 258 valence electrons. The summed E-state index contributed by atoms with van der Waals surface area (Å²) in [5.74, 6) is 1.26. The third-order valence-electron chi connectivity index (χ3n) is 9.47. The Morgan fingerprint density at radius 2 is 1.43 bits per heavy atom. The minimum Gasteiger partial charge on any atom is -0.497 e. The van der Waals surface area contributed by atoms with Gasteiger partial charge in [0.25, 0.3) is 5.56 Å². The number of nitrogens with one attached hydrogen (secondary N) is 1. The number of hydrogen-bond donors (Lipinski definition) is 1. The van der Waals surface area contributed by atoms with Gasteiger partial charge in [-0.25, -0.2) is 4.79 Å². The van der Waals surface area contributed by atoms with Crippen molar-refractivity contribution in [1.29, 1.82) is 0 Å². The Morgan fingerprint density at radius 3 is 1.96 bits per heavy atom. The average molecular weight is 699 g/mol. The molecular weight excluding hydrogens is 653 g/mol. The van der Waals surface area contributed by atoms with Crippen molar-refractivity contribution in [3.05, 3.63) is 139 Å². The molecule has 4 aromatic rings. The number of aromatic amines is 1. The lowest BCUT2D eigenvalue weighted by molar-refractivity contribution is -0.0937. The Balaban J connectivity index is 1.48. The van der Waals surface area contributed by atoms with Crippen LogP contribution in [0.1, 0.15) is 28.5 Å². The number of benzene rings is 3. The zero-order valence-corrected chi connectivity index (χ0v) is 31.5. The predicted molar refractivity (Wildman–Crippen MR) is 196 cm³/mol. The molecule has 0 bridgehead atoms. The second-order valence-electron chi connectivity index (χ2n) is 14.4. The number of nitrogens with zero attached hydrogens (tertiary/aromatic N) is 1. The molecule has 0 radical (unpaired) electrons. The fourth-order valence-corrected chi connectivity index (χ4v) is 13.2. The molecule has 2 fully saturated rings. The molecule has 0 saturated carbocycles. The highest BCUT2D eigenvalue weighted by atomic mass is 28.4. The van der Waals surface area contributed by atoms with E-state index in [1.807, 2.05) is 66.7 Å². The molecule has 0 amide bonds. The molecule has 3 heterocycles. The van der Waals surface area contributed by atoms with Crippen LogP contribution < -0.4 is 20.7 Å². The van der Waals surface area contributed by atoms with Crippen LogP contribution in [0.25, 0.3) is 0 Å². The lowest BCUT2D eigenvalue weighted by Gasteiger charge is -2.37. The van der Waals surface area contributed by atoms with E-state index in [9.17, 15) is 9.59 Å². The molecule has 2 aliphatic rings. The van der Waals surface area contributed by atoms with Crippen molar-refractivity contribution >= 4 is 16.4 Å². The zero-order chi connectivity index (χ0) is 35.1. The van der Waals surface area contributed by atoms with Crippen LogP contribution in [0.4, 0.5) is 0 Å². The van der Waals surface area contributed by atoms with E-state index in [4.69, 9.17) is 23.4 Å². The van der Waals surface area contributed by atoms with Crippen LogP contribution in [0.2, 0.25) is 32.7 Å². The highest BCUT2D eigenvalue weighted by Gasteiger charge is 2.59. The molecule has 11 heteroatoms. The number of fused-ring (bicyclic) bond motifs is 1. The summed E-state index contributed by atoms with van der Waals surface area (Å²) in [6.45, 7) is 13.2. The Kier molecular flexibility index (Phi) is 9.51. The van der Waals surface area contributed by atoms with E-state index >= 15 is 0 Å². The van der Waals surface area contributed by atoms with E-state index in [2.05, 4.69) is 55.6 Å². The van der Waals surface area contributed by atoms with Crippen molar-refractivity contribution in [2.75, 3.05) is 20.8 Å². The van der Waals surface area contributed by atoms with Crippen LogP contribution in [0, 0.1) is 12.8 Å². The third kappa shape index (κ3) is 6.65. The van der Waals surface area contributed by atoms with E-state index < -0.39 is 45.6 Å². The molecule has 2 saturated heterocycles. The maximum Gasteiger partial charge on any atom is 0.330 e. The van der Waals surface area contributed by atoms with Gasteiger partial charge in [-0.2, -0.15) is 0 Å². The highest BCUT2D eigenvalue weighted by Crippen LogP contribution is 2.51. The summed E-state index contributed by atoms with van der Waals surface area (Å²) in [7, 11) is -0.792. The first-order valence-corrected chi connectivity index (χ1v) is 23.1. The average Bonchev–Trinajstić information content (AvgIpc) is 3.55. The van der Waals surface area contributed by atoms with Crippen molar-refractivity contribution in [2.45, 2.75) is 63.7 Å². The minimum absolute atomic E-state index is 0.159. The van der Waals surface area contributed by atoms with Gasteiger partial charge in [0.1, 0.15) is 29.4 Å². The fraction of sp³-hybridized carbons (Fsp3) is 0.368. The molecule has 2 aliphatic heterocycles. The number of rotatable bonds is 10. The topological polar surface area (TPSA) is 101 Å². The Morgan fingerprint density at radius 1 is 0.878 bits per heavy atom. The van der Waals surface area contributed by atoms with E-state index in [0.717, 1.165) is 28.2 Å². The summed E-state index contributed by atoms with van der Waals surface area (Å²) in [6, 6.07) is 26.0. The van der Waals surface area contributed by atoms with Crippen LogP contribution in [0.15, 0.2) is 106 Å². The van der Waals surface area contributed by atoms with Crippen LogP contribution in [-0.2, 0) is 19.5 Å². The van der Waals surface area contributed by atoms with Gasteiger partial charge in [-0.1, -0.05) is 85.1 Å². The van der Waals surface area contributed by atoms with Gasteiger partial charge in [0.05, 0.1) is 40.9 Å². The van der Waals surface area contributed by atoms with Crippen molar-refractivity contribution in [3.63, 3.8) is 0 Å². The second-order valence-corrected chi connectivity index (χ2v) is 23.3. The SMILES string of the molecule is COc1ccc(C(OC[C@H]2O[C@@H](n3cc(C)c(=O)[nH]c3=O)[C@@H]3/C(=C/[Si](C)(C)C)[Si](C)(C)O[C@@H]32)(c2ccccc2)c2ccc(OC)cc2)cc1. The van der Waals surface area contributed by atoms with Crippen LogP contribution in [-0.4, -0.2) is 59.0 Å². The van der Waals surface area contributed by atoms with Gasteiger partial charge in [-0.15, -0.1) is 0 Å². The summed E-state index contributed by atoms with van der Waals surface area (Å²) >= 11 is 0. The number of aromatic nitrogens is 2. The Labute approximate surface area is 289 Å². The Bertz CT molecular complexity index is 1880. The van der Waals surface area contributed by atoms with Gasteiger partial charge < -0.3 is 23.4 Å². The quantitative estimate of drug-likeness (QED) is 0.153. The van der Waals surface area contributed by atoms with Gasteiger partial charge in [-0.05, 0) is 61.0 Å². The molecule has 4 atom stereocenters. The summed E-state index contributed by atoms with van der Waals surface area (Å²) in [6.07, 6.45) is 0.0574. The van der Waals surface area contributed by atoms with E-state index in [1.165, 1.54) is 9.76 Å². The highest BCUT2D eigenvalue weighted by molar-refractivity contribution is 6.86. The van der Waals surface area contributed by atoms with Gasteiger partial charge in [-0.3, -0.25) is 14.3 Å². The van der Waals surface area contributed by atoms with E-state index in [1.54, 1.807) is 27.3 Å². The molecular formula is C38H46N2O7Si2. The maximum absolute atomic E-state index is 13.3. The summed E-state index contributed by atoms with van der Waals surface area (Å²) in [5.41, 5.74) is 3.65. The predicted octanol–water partition coefficient (Wildman–Crippen LogP) is 6.33. The number of ether oxygens (including phenoxy) is 4. The van der Waals surface area contributed by atoms with Crippen LogP contribution in [0.3, 0.4) is 0 Å². The standard InChI is InChI=1S/C38H46N2O7Si2/c1-25-22-40(37(42)39-35(25)41)36-33-32(24-48(4,5)6)49(7,8)47-34(33)31(46-36)23-45-38(26-12-10-9-11-13-26,27-14-18-29(43-2)19-15-27)28-16-20-30(44-3)21-17-28/h9-22,24,31,33-34,36H,23H2,1-8H3,(H,39,41,42)/b32-24-/t31-,33-,34-,36-/m1/s1. The summed E-state index contributed by atoms with van der Waals surface area (Å²) in [5, 5.41) is 1.25. The second kappa shape index (κ2) is 13.4. The van der Waals surface area contributed by atoms with Crippen molar-refractivity contribution in [3.8, 4) is 11.5 Å². The van der Waals surface area contributed by atoms with Crippen LogP contribution in [0.5, 0.6) is 11.5 Å². The normalized spacial score (nSPS) is 22.7. The monoisotopic (exact) mass is 698 g/mol. The van der Waals surface area contributed by atoms with Gasteiger partial charge >= 0.3 is 5.69 Å². The van der Waals surface area contributed by atoms with Crippen molar-refractivity contribution in [2.24, 2.45) is 5.92 Å².